The second kappa shape index (κ2) is 7.08. The SMILES string of the molecule is CC(=O)N[C@]1(C)CC[C@@H](Nc2ncc3c(-c4ccc5ncnn5c4)c[nH]c3n2)CC1. The van der Waals surface area contributed by atoms with Crippen LogP contribution in [0.15, 0.2) is 37.1 Å². The zero-order valence-corrected chi connectivity index (χ0v) is 17.0. The van der Waals surface area contributed by atoms with Crippen LogP contribution in [0.2, 0.25) is 0 Å². The second-order valence-electron chi connectivity index (χ2n) is 8.30. The number of nitrogens with zero attached hydrogens (tertiary/aromatic N) is 5. The third-order valence-corrected chi connectivity index (χ3v) is 5.92. The maximum atomic E-state index is 11.4. The van der Waals surface area contributed by atoms with Gasteiger partial charge in [-0.1, -0.05) is 0 Å². The van der Waals surface area contributed by atoms with Crippen molar-refractivity contribution in [3.63, 3.8) is 0 Å². The first kappa shape index (κ1) is 18.5. The Kier molecular flexibility index (Phi) is 4.38. The van der Waals surface area contributed by atoms with E-state index in [9.17, 15) is 4.79 Å². The molecule has 0 bridgehead atoms. The van der Waals surface area contributed by atoms with Crippen molar-refractivity contribution in [1.82, 2.24) is 34.9 Å². The van der Waals surface area contributed by atoms with Gasteiger partial charge in [0, 0.05) is 53.6 Å². The summed E-state index contributed by atoms with van der Waals surface area (Å²) < 4.78 is 1.75. The molecule has 4 aromatic rings. The second-order valence-corrected chi connectivity index (χ2v) is 8.30. The Morgan fingerprint density at radius 3 is 2.90 bits per heavy atom. The molecule has 1 aliphatic rings. The Bertz CT molecular complexity index is 1220. The molecule has 1 fully saturated rings. The molecule has 30 heavy (non-hydrogen) atoms. The van der Waals surface area contributed by atoms with Gasteiger partial charge in [0.1, 0.15) is 12.0 Å². The molecule has 4 heterocycles. The number of pyridine rings is 1. The van der Waals surface area contributed by atoms with Gasteiger partial charge in [-0.25, -0.2) is 14.5 Å². The number of carbonyl (C=O) groups is 1. The van der Waals surface area contributed by atoms with Crippen LogP contribution in [0.25, 0.3) is 27.8 Å². The number of anilines is 1. The smallest absolute Gasteiger partial charge is 0.224 e. The molecule has 1 saturated carbocycles. The van der Waals surface area contributed by atoms with E-state index in [2.05, 4.69) is 42.6 Å². The molecule has 0 aromatic carbocycles. The van der Waals surface area contributed by atoms with Crippen LogP contribution in [0, 0.1) is 0 Å². The topological polar surface area (TPSA) is 113 Å². The van der Waals surface area contributed by atoms with Gasteiger partial charge >= 0.3 is 0 Å². The fraction of sp³-hybridized carbons (Fsp3) is 0.381. The van der Waals surface area contributed by atoms with E-state index in [0.717, 1.165) is 53.5 Å². The number of nitrogens with one attached hydrogen (secondary N) is 3. The minimum Gasteiger partial charge on any atom is -0.351 e. The first-order chi connectivity index (χ1) is 14.5. The van der Waals surface area contributed by atoms with Gasteiger partial charge in [-0.15, -0.1) is 0 Å². The minimum absolute atomic E-state index is 0.0308. The highest BCUT2D eigenvalue weighted by Gasteiger charge is 2.31. The number of carbonyl (C=O) groups excluding carboxylic acids is 1. The molecule has 0 aliphatic heterocycles. The summed E-state index contributed by atoms with van der Waals surface area (Å²) in [4.78, 5) is 28.1. The van der Waals surface area contributed by atoms with Gasteiger partial charge in [-0.2, -0.15) is 10.1 Å². The standard InChI is InChI=1S/C21H24N8O/c1-13(30)28-21(2)7-5-15(6-8-21)26-20-23-10-17-16(9-22-19(17)27-20)14-3-4-18-24-12-25-29(18)11-14/h3-4,9-12,15H,5-8H2,1-2H3,(H,28,30)(H2,22,23,26,27)/t15-,21-. The lowest BCUT2D eigenvalue weighted by molar-refractivity contribution is -0.121. The van der Waals surface area contributed by atoms with Gasteiger partial charge in [0.05, 0.1) is 0 Å². The van der Waals surface area contributed by atoms with Crippen LogP contribution < -0.4 is 10.6 Å². The summed E-state index contributed by atoms with van der Waals surface area (Å²) >= 11 is 0. The molecular formula is C21H24N8O. The lowest BCUT2D eigenvalue weighted by Crippen LogP contribution is -2.49. The third-order valence-electron chi connectivity index (χ3n) is 5.92. The highest BCUT2D eigenvalue weighted by molar-refractivity contribution is 5.93. The van der Waals surface area contributed by atoms with E-state index in [1.54, 1.807) is 17.8 Å². The van der Waals surface area contributed by atoms with Crippen molar-refractivity contribution in [2.75, 3.05) is 5.32 Å². The summed E-state index contributed by atoms with van der Waals surface area (Å²) in [6, 6.07) is 4.26. The Hall–Kier alpha value is -3.49. The number of hydrogen-bond acceptors (Lipinski definition) is 6. The third kappa shape index (κ3) is 3.47. The van der Waals surface area contributed by atoms with Crippen molar-refractivity contribution in [3.05, 3.63) is 37.1 Å². The Balaban J connectivity index is 1.32. The number of fused-ring (bicyclic) bond motifs is 2. The van der Waals surface area contributed by atoms with Gasteiger partial charge < -0.3 is 15.6 Å². The lowest BCUT2D eigenvalue weighted by Gasteiger charge is -2.38. The highest BCUT2D eigenvalue weighted by Crippen LogP contribution is 2.31. The summed E-state index contributed by atoms with van der Waals surface area (Å²) in [5.74, 6) is 0.652. The fourth-order valence-electron chi connectivity index (χ4n) is 4.32. The summed E-state index contributed by atoms with van der Waals surface area (Å²) in [6.07, 6.45) is 11.1. The van der Waals surface area contributed by atoms with Crippen molar-refractivity contribution in [2.45, 2.75) is 51.1 Å². The average molecular weight is 404 g/mol. The van der Waals surface area contributed by atoms with Crippen molar-refractivity contribution in [3.8, 4) is 11.1 Å². The van der Waals surface area contributed by atoms with Gasteiger partial charge in [-0.05, 0) is 44.7 Å². The summed E-state index contributed by atoms with van der Waals surface area (Å²) in [5, 5.41) is 11.7. The van der Waals surface area contributed by atoms with Crippen molar-refractivity contribution in [1.29, 1.82) is 0 Å². The van der Waals surface area contributed by atoms with E-state index >= 15 is 0 Å². The molecule has 9 heteroatoms. The molecule has 0 radical (unpaired) electrons. The quantitative estimate of drug-likeness (QED) is 0.482. The van der Waals surface area contributed by atoms with Crippen LogP contribution in [0.5, 0.6) is 0 Å². The maximum Gasteiger partial charge on any atom is 0.224 e. The van der Waals surface area contributed by atoms with Crippen LogP contribution in [0.1, 0.15) is 39.5 Å². The number of amides is 1. The molecule has 4 aromatic heterocycles. The van der Waals surface area contributed by atoms with Gasteiger partial charge in [0.15, 0.2) is 5.65 Å². The van der Waals surface area contributed by atoms with E-state index < -0.39 is 0 Å². The van der Waals surface area contributed by atoms with Crippen LogP contribution in [0.3, 0.4) is 0 Å². The first-order valence-corrected chi connectivity index (χ1v) is 10.2. The Morgan fingerprint density at radius 1 is 1.27 bits per heavy atom. The predicted molar refractivity (Wildman–Crippen MR) is 114 cm³/mol. The Morgan fingerprint density at radius 2 is 2.10 bits per heavy atom. The molecule has 5 rings (SSSR count). The average Bonchev–Trinajstić information content (AvgIpc) is 3.35. The molecule has 9 nitrogen and oxygen atoms in total. The molecule has 0 saturated heterocycles. The number of H-pyrrole nitrogens is 1. The number of aromatic amines is 1. The molecule has 0 unspecified atom stereocenters. The summed E-state index contributed by atoms with van der Waals surface area (Å²) in [5.41, 5.74) is 3.53. The molecular weight excluding hydrogens is 380 g/mol. The van der Waals surface area contributed by atoms with Crippen molar-refractivity contribution >= 4 is 28.5 Å². The van der Waals surface area contributed by atoms with Gasteiger partial charge in [0.25, 0.3) is 0 Å². The first-order valence-electron chi connectivity index (χ1n) is 10.2. The molecule has 0 spiro atoms. The van der Waals surface area contributed by atoms with Crippen LogP contribution >= 0.6 is 0 Å². The van der Waals surface area contributed by atoms with Crippen LogP contribution in [0.4, 0.5) is 5.95 Å². The van der Waals surface area contributed by atoms with E-state index in [1.807, 2.05) is 30.7 Å². The molecule has 3 N–H and O–H groups in total. The maximum absolute atomic E-state index is 11.4. The van der Waals surface area contributed by atoms with Crippen LogP contribution in [-0.2, 0) is 4.79 Å². The molecule has 1 aliphatic carbocycles. The van der Waals surface area contributed by atoms with E-state index in [0.29, 0.717) is 12.0 Å². The number of rotatable bonds is 4. The van der Waals surface area contributed by atoms with Gasteiger partial charge in [0.2, 0.25) is 11.9 Å². The normalized spacial score (nSPS) is 21.7. The van der Waals surface area contributed by atoms with E-state index in [1.165, 1.54) is 0 Å². The van der Waals surface area contributed by atoms with Crippen molar-refractivity contribution < 1.29 is 4.79 Å². The lowest BCUT2D eigenvalue weighted by atomic mass is 9.81. The van der Waals surface area contributed by atoms with Crippen LogP contribution in [-0.4, -0.2) is 47.0 Å². The van der Waals surface area contributed by atoms with Crippen molar-refractivity contribution in [2.24, 2.45) is 0 Å². The summed E-state index contributed by atoms with van der Waals surface area (Å²) in [7, 11) is 0. The largest absolute Gasteiger partial charge is 0.351 e. The highest BCUT2D eigenvalue weighted by atomic mass is 16.1. The monoisotopic (exact) mass is 404 g/mol. The number of hydrogen-bond donors (Lipinski definition) is 3. The zero-order valence-electron chi connectivity index (χ0n) is 17.0. The number of aromatic nitrogens is 6. The summed E-state index contributed by atoms with van der Waals surface area (Å²) in [6.45, 7) is 3.69. The Labute approximate surface area is 173 Å². The molecule has 1 amide bonds. The predicted octanol–water partition coefficient (Wildman–Crippen LogP) is 2.92. The zero-order chi connectivity index (χ0) is 20.7. The van der Waals surface area contributed by atoms with E-state index in [4.69, 9.17) is 0 Å². The fourth-order valence-corrected chi connectivity index (χ4v) is 4.32. The van der Waals surface area contributed by atoms with Gasteiger partial charge in [-0.3, -0.25) is 4.79 Å². The minimum atomic E-state index is -0.117. The molecule has 154 valence electrons. The molecule has 0 atom stereocenters. The van der Waals surface area contributed by atoms with E-state index in [-0.39, 0.29) is 11.4 Å².